The zero-order valence-electron chi connectivity index (χ0n) is 20.6. The Morgan fingerprint density at radius 1 is 1.00 bits per heavy atom. The van der Waals surface area contributed by atoms with E-state index in [4.69, 9.17) is 20.7 Å². The molecule has 2 aromatic carbocycles. The first-order chi connectivity index (χ1) is 17.8. The van der Waals surface area contributed by atoms with Gasteiger partial charge in [0.2, 0.25) is 11.8 Å². The van der Waals surface area contributed by atoms with Crippen LogP contribution in [0.25, 0.3) is 0 Å². The summed E-state index contributed by atoms with van der Waals surface area (Å²) in [5, 5.41) is 20.9. The number of nitrogens with two attached hydrogens (primary N) is 1. The Balaban J connectivity index is 1.66. The molecule has 0 saturated heterocycles. The zero-order chi connectivity index (χ0) is 26.8. The van der Waals surface area contributed by atoms with E-state index in [1.165, 1.54) is 29.2 Å². The highest BCUT2D eigenvalue weighted by Crippen LogP contribution is 2.38. The number of carbonyl (C=O) groups is 3. The normalized spacial score (nSPS) is 18.0. The van der Waals surface area contributed by atoms with Gasteiger partial charge in [-0.3, -0.25) is 9.59 Å². The highest BCUT2D eigenvalue weighted by atomic mass is 19.1. The molecule has 0 aliphatic heterocycles. The number of primary amides is 1. The molecule has 3 amide bonds. The molecule has 1 aliphatic carbocycles. The van der Waals surface area contributed by atoms with E-state index >= 15 is 0 Å². The van der Waals surface area contributed by atoms with Gasteiger partial charge in [0, 0.05) is 19.0 Å². The van der Waals surface area contributed by atoms with Crippen LogP contribution in [0.4, 0.5) is 9.18 Å². The van der Waals surface area contributed by atoms with Crippen molar-refractivity contribution >= 4 is 17.9 Å². The number of hydrogen-bond donors (Lipinski definition) is 4. The van der Waals surface area contributed by atoms with Gasteiger partial charge in [-0.05, 0) is 47.6 Å². The number of ether oxygens (including phenoxy) is 1. The van der Waals surface area contributed by atoms with Crippen molar-refractivity contribution in [2.45, 2.75) is 44.2 Å². The van der Waals surface area contributed by atoms with E-state index in [9.17, 15) is 18.8 Å². The van der Waals surface area contributed by atoms with Gasteiger partial charge in [0.25, 0.3) is 0 Å². The van der Waals surface area contributed by atoms with Crippen LogP contribution in [0.1, 0.15) is 54.3 Å². The third-order valence-corrected chi connectivity index (χ3v) is 6.65. The SMILES string of the molecule is NC(=O)C(NC(=O)C1CCCCC1c1ccc(COC(=O)N(CCO)CCO)cc1)c1ccc(F)cc1. The highest BCUT2D eigenvalue weighted by Gasteiger charge is 2.34. The molecule has 0 radical (unpaired) electrons. The second kappa shape index (κ2) is 13.7. The minimum atomic E-state index is -1.05. The third-order valence-electron chi connectivity index (χ3n) is 6.65. The summed E-state index contributed by atoms with van der Waals surface area (Å²) < 4.78 is 18.6. The van der Waals surface area contributed by atoms with Crippen molar-refractivity contribution in [1.29, 1.82) is 0 Å². The largest absolute Gasteiger partial charge is 0.445 e. The minimum Gasteiger partial charge on any atom is -0.445 e. The molecule has 0 bridgehead atoms. The Kier molecular flexibility index (Phi) is 10.4. The van der Waals surface area contributed by atoms with E-state index in [2.05, 4.69) is 5.32 Å². The molecule has 0 spiro atoms. The number of aliphatic hydroxyl groups excluding tert-OH is 2. The van der Waals surface area contributed by atoms with Crippen LogP contribution in [0.15, 0.2) is 48.5 Å². The van der Waals surface area contributed by atoms with E-state index in [1.54, 1.807) is 0 Å². The molecule has 200 valence electrons. The van der Waals surface area contributed by atoms with Crippen molar-refractivity contribution in [3.8, 4) is 0 Å². The van der Waals surface area contributed by atoms with Crippen LogP contribution in [-0.2, 0) is 20.9 Å². The quantitative estimate of drug-likeness (QED) is 0.362. The van der Waals surface area contributed by atoms with Crippen LogP contribution in [0.5, 0.6) is 0 Å². The molecular formula is C27H34FN3O6. The molecule has 9 nitrogen and oxygen atoms in total. The first kappa shape index (κ1) is 28.1. The summed E-state index contributed by atoms with van der Waals surface area (Å²) in [4.78, 5) is 38.7. The van der Waals surface area contributed by atoms with Crippen LogP contribution in [0.2, 0.25) is 0 Å². The second-order valence-corrected chi connectivity index (χ2v) is 9.12. The maximum Gasteiger partial charge on any atom is 0.410 e. The van der Waals surface area contributed by atoms with Crippen LogP contribution in [0.3, 0.4) is 0 Å². The summed E-state index contributed by atoms with van der Waals surface area (Å²) in [6.45, 7) is -0.296. The highest BCUT2D eigenvalue weighted by molar-refractivity contribution is 5.89. The Morgan fingerprint density at radius 3 is 2.22 bits per heavy atom. The Labute approximate surface area is 215 Å². The molecule has 5 N–H and O–H groups in total. The van der Waals surface area contributed by atoms with Crippen molar-refractivity contribution in [3.63, 3.8) is 0 Å². The number of nitrogens with zero attached hydrogens (tertiary/aromatic N) is 1. The summed E-state index contributed by atoms with van der Waals surface area (Å²) in [6.07, 6.45) is 2.70. The van der Waals surface area contributed by atoms with E-state index in [0.29, 0.717) is 12.0 Å². The Morgan fingerprint density at radius 2 is 1.62 bits per heavy atom. The van der Waals surface area contributed by atoms with Gasteiger partial charge in [0.05, 0.1) is 13.2 Å². The van der Waals surface area contributed by atoms with E-state index in [0.717, 1.165) is 30.4 Å². The number of hydrogen-bond acceptors (Lipinski definition) is 6. The van der Waals surface area contributed by atoms with Gasteiger partial charge < -0.3 is 30.9 Å². The van der Waals surface area contributed by atoms with Crippen molar-refractivity contribution in [2.24, 2.45) is 11.7 Å². The van der Waals surface area contributed by atoms with Gasteiger partial charge in [0.15, 0.2) is 0 Å². The fourth-order valence-corrected chi connectivity index (χ4v) is 4.70. The van der Waals surface area contributed by atoms with Gasteiger partial charge in [-0.25, -0.2) is 9.18 Å². The van der Waals surface area contributed by atoms with Crippen LogP contribution < -0.4 is 11.1 Å². The molecule has 3 unspecified atom stereocenters. The molecular weight excluding hydrogens is 481 g/mol. The van der Waals surface area contributed by atoms with Gasteiger partial charge in [0.1, 0.15) is 18.5 Å². The fourth-order valence-electron chi connectivity index (χ4n) is 4.70. The van der Waals surface area contributed by atoms with Gasteiger partial charge in [-0.1, -0.05) is 49.2 Å². The lowest BCUT2D eigenvalue weighted by atomic mass is 9.74. The van der Waals surface area contributed by atoms with Crippen molar-refractivity contribution in [2.75, 3.05) is 26.3 Å². The molecule has 1 saturated carbocycles. The average molecular weight is 516 g/mol. The second-order valence-electron chi connectivity index (χ2n) is 9.12. The smallest absolute Gasteiger partial charge is 0.410 e. The standard InChI is InChI=1S/C27H34FN3O6/c28-21-11-9-20(10-12-21)24(25(29)34)30-26(35)23-4-2-1-3-22(23)19-7-5-18(6-8-19)17-37-27(36)31(13-15-32)14-16-33/h5-12,22-24,32-33H,1-4,13-17H2,(H2,29,34)(H,30,35). The van der Waals surface area contributed by atoms with Crippen molar-refractivity contribution < 1.29 is 33.7 Å². The van der Waals surface area contributed by atoms with Crippen molar-refractivity contribution in [1.82, 2.24) is 10.2 Å². The molecule has 37 heavy (non-hydrogen) atoms. The summed E-state index contributed by atoms with van der Waals surface area (Å²) in [5.74, 6) is -1.86. The molecule has 0 aromatic heterocycles. The van der Waals surface area contributed by atoms with E-state index in [1.807, 2.05) is 24.3 Å². The molecule has 3 atom stereocenters. The number of carbonyl (C=O) groups excluding carboxylic acids is 3. The first-order valence-electron chi connectivity index (χ1n) is 12.4. The predicted molar refractivity (Wildman–Crippen MR) is 134 cm³/mol. The third kappa shape index (κ3) is 7.74. The molecule has 0 heterocycles. The van der Waals surface area contributed by atoms with Crippen molar-refractivity contribution in [3.05, 3.63) is 71.0 Å². The number of amides is 3. The number of nitrogens with one attached hydrogen (secondary N) is 1. The Bertz CT molecular complexity index is 1040. The van der Waals surface area contributed by atoms with Crippen LogP contribution in [-0.4, -0.2) is 59.3 Å². The van der Waals surface area contributed by atoms with E-state index in [-0.39, 0.29) is 50.7 Å². The lowest BCUT2D eigenvalue weighted by Crippen LogP contribution is -2.42. The molecule has 2 aromatic rings. The van der Waals surface area contributed by atoms with E-state index < -0.39 is 23.9 Å². The zero-order valence-corrected chi connectivity index (χ0v) is 20.6. The molecule has 3 rings (SSSR count). The summed E-state index contributed by atoms with van der Waals surface area (Å²) >= 11 is 0. The summed E-state index contributed by atoms with van der Waals surface area (Å²) in [7, 11) is 0. The fraction of sp³-hybridized carbons (Fsp3) is 0.444. The maximum absolute atomic E-state index is 13.3. The number of benzene rings is 2. The minimum absolute atomic E-state index is 0.0268. The number of halogens is 1. The van der Waals surface area contributed by atoms with Gasteiger partial charge in [-0.2, -0.15) is 0 Å². The lowest BCUT2D eigenvalue weighted by molar-refractivity contribution is -0.131. The number of aliphatic hydroxyl groups is 2. The van der Waals surface area contributed by atoms with Crippen LogP contribution in [0, 0.1) is 11.7 Å². The average Bonchev–Trinajstić information content (AvgIpc) is 2.91. The molecule has 10 heteroatoms. The topological polar surface area (TPSA) is 142 Å². The lowest BCUT2D eigenvalue weighted by Gasteiger charge is -2.32. The monoisotopic (exact) mass is 515 g/mol. The Hall–Kier alpha value is -3.50. The predicted octanol–water partition coefficient (Wildman–Crippen LogP) is 2.37. The summed E-state index contributed by atoms with van der Waals surface area (Å²) in [6, 6.07) is 11.7. The number of rotatable bonds is 11. The maximum atomic E-state index is 13.3. The molecule has 1 aliphatic rings. The van der Waals surface area contributed by atoms with Gasteiger partial charge in [-0.15, -0.1) is 0 Å². The van der Waals surface area contributed by atoms with Gasteiger partial charge >= 0.3 is 6.09 Å². The summed E-state index contributed by atoms with van der Waals surface area (Å²) in [5.41, 5.74) is 7.68. The molecule has 1 fully saturated rings. The first-order valence-corrected chi connectivity index (χ1v) is 12.4. The van der Waals surface area contributed by atoms with Crippen LogP contribution >= 0.6 is 0 Å².